The van der Waals surface area contributed by atoms with Gasteiger partial charge in [0.2, 0.25) is 0 Å². The predicted molar refractivity (Wildman–Crippen MR) is 70.1 cm³/mol. The number of carbonyl (C=O) groups is 1. The van der Waals surface area contributed by atoms with Gasteiger partial charge in [-0.15, -0.1) is 11.6 Å². The average Bonchev–Trinajstić information content (AvgIpc) is 2.81. The summed E-state index contributed by atoms with van der Waals surface area (Å²) in [6.07, 6.45) is 6.24. The number of nitrogens with zero attached hydrogens (tertiary/aromatic N) is 1. The van der Waals surface area contributed by atoms with Crippen LogP contribution in [0, 0.1) is 5.92 Å². The molecule has 0 radical (unpaired) electrons. The van der Waals surface area contributed by atoms with Crippen LogP contribution in [0.1, 0.15) is 29.6 Å². The molecule has 1 aromatic heterocycles. The lowest BCUT2D eigenvalue weighted by Crippen LogP contribution is -2.28. The zero-order valence-electron chi connectivity index (χ0n) is 10.4. The third-order valence-electron chi connectivity index (χ3n) is 3.28. The fourth-order valence-corrected chi connectivity index (χ4v) is 2.64. The van der Waals surface area contributed by atoms with Gasteiger partial charge in [-0.05, 0) is 31.2 Å². The van der Waals surface area contributed by atoms with Crippen LogP contribution in [0.3, 0.4) is 0 Å². The molecule has 1 N–H and O–H groups in total. The molecule has 1 fully saturated rings. The van der Waals surface area contributed by atoms with Crippen molar-refractivity contribution in [2.24, 2.45) is 5.92 Å². The van der Waals surface area contributed by atoms with Crippen molar-refractivity contribution in [3.63, 3.8) is 0 Å². The predicted octanol–water partition coefficient (Wildman–Crippen LogP) is 2.23. The van der Waals surface area contributed by atoms with Crippen molar-refractivity contribution >= 4 is 17.5 Å². The van der Waals surface area contributed by atoms with E-state index in [0.29, 0.717) is 23.8 Å². The van der Waals surface area contributed by atoms with Crippen molar-refractivity contribution in [3.05, 3.63) is 24.0 Å². The molecule has 0 aliphatic heterocycles. The highest BCUT2D eigenvalue weighted by Gasteiger charge is 2.23. The molecule has 2 rings (SSSR count). The molecule has 1 heterocycles. The van der Waals surface area contributed by atoms with Crippen LogP contribution in [0.15, 0.2) is 18.5 Å². The first-order valence-corrected chi connectivity index (χ1v) is 6.54. The topological polar surface area (TPSA) is 51.2 Å². The Labute approximate surface area is 112 Å². The zero-order valence-corrected chi connectivity index (χ0v) is 11.1. The first kappa shape index (κ1) is 13.1. The summed E-state index contributed by atoms with van der Waals surface area (Å²) in [7, 11) is 1.53. The fourth-order valence-electron chi connectivity index (χ4n) is 2.26. The van der Waals surface area contributed by atoms with Gasteiger partial charge < -0.3 is 10.1 Å². The normalized spacial score (nSPS) is 22.8. The van der Waals surface area contributed by atoms with Crippen LogP contribution in [-0.4, -0.2) is 29.9 Å². The molecule has 2 atom stereocenters. The zero-order chi connectivity index (χ0) is 13.0. The molecule has 1 saturated carbocycles. The number of hydrogen-bond donors (Lipinski definition) is 1. The molecule has 0 saturated heterocycles. The number of methoxy groups -OCH3 is 1. The van der Waals surface area contributed by atoms with Gasteiger partial charge in [0.05, 0.1) is 18.9 Å². The summed E-state index contributed by atoms with van der Waals surface area (Å²) in [6, 6.07) is 1.66. The van der Waals surface area contributed by atoms with Crippen molar-refractivity contribution < 1.29 is 9.53 Å². The maximum atomic E-state index is 12.0. The molecular weight excluding hydrogens is 252 g/mol. The lowest BCUT2D eigenvalue weighted by Gasteiger charge is -2.12. The third kappa shape index (κ3) is 3.13. The Balaban J connectivity index is 1.91. The van der Waals surface area contributed by atoms with E-state index in [4.69, 9.17) is 16.3 Å². The van der Waals surface area contributed by atoms with Gasteiger partial charge in [0.15, 0.2) is 0 Å². The van der Waals surface area contributed by atoms with Gasteiger partial charge in [-0.2, -0.15) is 0 Å². The molecule has 1 amide bonds. The SMILES string of the molecule is COc1cnccc1C(=O)NCC1CCC(Cl)C1. The number of hydrogen-bond acceptors (Lipinski definition) is 3. The highest BCUT2D eigenvalue weighted by atomic mass is 35.5. The van der Waals surface area contributed by atoms with E-state index < -0.39 is 0 Å². The number of nitrogens with one attached hydrogen (secondary N) is 1. The van der Waals surface area contributed by atoms with E-state index in [9.17, 15) is 4.79 Å². The summed E-state index contributed by atoms with van der Waals surface area (Å²) in [4.78, 5) is 15.9. The van der Waals surface area contributed by atoms with Gasteiger partial charge in [-0.3, -0.25) is 9.78 Å². The van der Waals surface area contributed by atoms with Crippen molar-refractivity contribution in [1.82, 2.24) is 10.3 Å². The summed E-state index contributed by atoms with van der Waals surface area (Å²) >= 11 is 6.05. The largest absolute Gasteiger partial charge is 0.494 e. The Kier molecular flexibility index (Phi) is 4.42. The second-order valence-corrected chi connectivity index (χ2v) is 5.18. The van der Waals surface area contributed by atoms with E-state index in [1.807, 2.05) is 0 Å². The molecule has 18 heavy (non-hydrogen) atoms. The van der Waals surface area contributed by atoms with Crippen molar-refractivity contribution in [3.8, 4) is 5.75 Å². The minimum absolute atomic E-state index is 0.118. The molecule has 2 unspecified atom stereocenters. The molecule has 1 aromatic rings. The van der Waals surface area contributed by atoms with E-state index in [0.717, 1.165) is 19.3 Å². The number of carbonyl (C=O) groups excluding carboxylic acids is 1. The van der Waals surface area contributed by atoms with Crippen LogP contribution in [0.4, 0.5) is 0 Å². The second kappa shape index (κ2) is 6.05. The number of amides is 1. The molecule has 0 bridgehead atoms. The van der Waals surface area contributed by atoms with Crippen LogP contribution >= 0.6 is 11.6 Å². The molecule has 4 nitrogen and oxygen atoms in total. The van der Waals surface area contributed by atoms with Gasteiger partial charge in [0, 0.05) is 18.1 Å². The van der Waals surface area contributed by atoms with E-state index in [2.05, 4.69) is 10.3 Å². The number of pyridine rings is 1. The lowest BCUT2D eigenvalue weighted by atomic mass is 10.1. The maximum Gasteiger partial charge on any atom is 0.255 e. The number of ether oxygens (including phenoxy) is 1. The molecule has 0 aromatic carbocycles. The van der Waals surface area contributed by atoms with E-state index >= 15 is 0 Å². The Morgan fingerprint density at radius 2 is 2.44 bits per heavy atom. The van der Waals surface area contributed by atoms with Crippen LogP contribution in [0.25, 0.3) is 0 Å². The number of alkyl halides is 1. The van der Waals surface area contributed by atoms with E-state index in [1.165, 1.54) is 7.11 Å². The highest BCUT2D eigenvalue weighted by molar-refractivity contribution is 6.20. The van der Waals surface area contributed by atoms with Crippen molar-refractivity contribution in [2.45, 2.75) is 24.6 Å². The molecule has 5 heteroatoms. The fraction of sp³-hybridized carbons (Fsp3) is 0.538. The van der Waals surface area contributed by atoms with Crippen LogP contribution in [0.2, 0.25) is 0 Å². The Morgan fingerprint density at radius 1 is 1.61 bits per heavy atom. The van der Waals surface area contributed by atoms with Gasteiger partial charge in [0.1, 0.15) is 5.75 Å². The molecule has 1 aliphatic rings. The van der Waals surface area contributed by atoms with Crippen molar-refractivity contribution in [1.29, 1.82) is 0 Å². The van der Waals surface area contributed by atoms with Gasteiger partial charge in [0.25, 0.3) is 5.91 Å². The van der Waals surface area contributed by atoms with Gasteiger partial charge in [-0.1, -0.05) is 0 Å². The van der Waals surface area contributed by atoms with Crippen LogP contribution in [0.5, 0.6) is 5.75 Å². The molecule has 0 spiro atoms. The summed E-state index contributed by atoms with van der Waals surface area (Å²) in [5.41, 5.74) is 0.521. The number of halogens is 1. The summed E-state index contributed by atoms with van der Waals surface area (Å²) in [5, 5.41) is 3.20. The smallest absolute Gasteiger partial charge is 0.255 e. The van der Waals surface area contributed by atoms with E-state index in [-0.39, 0.29) is 11.3 Å². The molecule has 1 aliphatic carbocycles. The number of rotatable bonds is 4. The highest BCUT2D eigenvalue weighted by Crippen LogP contribution is 2.28. The average molecular weight is 269 g/mol. The Bertz CT molecular complexity index is 425. The lowest BCUT2D eigenvalue weighted by molar-refractivity contribution is 0.0944. The molecule has 98 valence electrons. The van der Waals surface area contributed by atoms with Crippen molar-refractivity contribution in [2.75, 3.05) is 13.7 Å². The van der Waals surface area contributed by atoms with Gasteiger partial charge >= 0.3 is 0 Å². The Morgan fingerprint density at radius 3 is 3.11 bits per heavy atom. The van der Waals surface area contributed by atoms with E-state index in [1.54, 1.807) is 18.5 Å². The monoisotopic (exact) mass is 268 g/mol. The van der Waals surface area contributed by atoms with Crippen LogP contribution in [-0.2, 0) is 0 Å². The minimum atomic E-state index is -0.118. The Hall–Kier alpha value is -1.29. The summed E-state index contributed by atoms with van der Waals surface area (Å²) < 4.78 is 5.11. The van der Waals surface area contributed by atoms with Gasteiger partial charge in [-0.25, -0.2) is 0 Å². The maximum absolute atomic E-state index is 12.0. The minimum Gasteiger partial charge on any atom is -0.494 e. The summed E-state index contributed by atoms with van der Waals surface area (Å²) in [5.74, 6) is 0.869. The second-order valence-electron chi connectivity index (χ2n) is 4.56. The first-order valence-electron chi connectivity index (χ1n) is 6.11. The molecular formula is C13H17ClN2O2. The third-order valence-corrected chi connectivity index (χ3v) is 3.67. The summed E-state index contributed by atoms with van der Waals surface area (Å²) in [6.45, 7) is 0.674. The van der Waals surface area contributed by atoms with Crippen LogP contribution < -0.4 is 10.1 Å². The first-order chi connectivity index (χ1) is 8.70. The number of aromatic nitrogens is 1. The quantitative estimate of drug-likeness (QED) is 0.852. The standard InChI is InChI=1S/C13H17ClN2O2/c1-18-12-8-15-5-4-11(12)13(17)16-7-9-2-3-10(14)6-9/h4-5,8-10H,2-3,6-7H2,1H3,(H,16,17).